The van der Waals surface area contributed by atoms with Crippen molar-refractivity contribution in [2.24, 2.45) is 0 Å². The first kappa shape index (κ1) is 19.8. The predicted octanol–water partition coefficient (Wildman–Crippen LogP) is 2.82. The molecule has 2 fully saturated rings. The van der Waals surface area contributed by atoms with Crippen LogP contribution in [0.25, 0.3) is 0 Å². The summed E-state index contributed by atoms with van der Waals surface area (Å²) in [4.78, 5) is 25.7. The van der Waals surface area contributed by atoms with Crippen molar-refractivity contribution < 1.29 is 9.18 Å². The van der Waals surface area contributed by atoms with E-state index in [2.05, 4.69) is 15.3 Å². The summed E-state index contributed by atoms with van der Waals surface area (Å²) in [6.07, 6.45) is 7.54. The monoisotopic (exact) mass is 397 g/mol. The van der Waals surface area contributed by atoms with Gasteiger partial charge in [-0.05, 0) is 37.1 Å². The summed E-state index contributed by atoms with van der Waals surface area (Å²) >= 11 is 0. The molecule has 1 N–H and O–H groups in total. The molecular formula is C22H28FN5O. The lowest BCUT2D eigenvalue weighted by molar-refractivity contribution is 0.0712. The van der Waals surface area contributed by atoms with Gasteiger partial charge in [0.25, 0.3) is 5.91 Å². The van der Waals surface area contributed by atoms with E-state index < -0.39 is 0 Å². The first-order valence-corrected chi connectivity index (χ1v) is 10.3. The number of aromatic nitrogens is 2. The Bertz CT molecular complexity index is 857. The number of nitrogens with zero attached hydrogens (tertiary/aromatic N) is 4. The molecule has 0 aliphatic carbocycles. The second-order valence-electron chi connectivity index (χ2n) is 8.18. The van der Waals surface area contributed by atoms with Gasteiger partial charge in [-0.15, -0.1) is 0 Å². The Labute approximate surface area is 171 Å². The molecule has 29 heavy (non-hydrogen) atoms. The molecule has 0 bridgehead atoms. The molecule has 2 aliphatic heterocycles. The highest BCUT2D eigenvalue weighted by Crippen LogP contribution is 2.36. The Balaban J connectivity index is 1.63. The van der Waals surface area contributed by atoms with Crippen molar-refractivity contribution in [1.82, 2.24) is 20.2 Å². The molecule has 0 unspecified atom stereocenters. The molecule has 1 aromatic heterocycles. The van der Waals surface area contributed by atoms with Crippen LogP contribution in [0.3, 0.4) is 0 Å². The fraction of sp³-hybridized carbons (Fsp3) is 0.500. The average Bonchev–Trinajstić information content (AvgIpc) is 3.04. The maximum Gasteiger partial charge on any atom is 0.257 e. The van der Waals surface area contributed by atoms with E-state index in [0.717, 1.165) is 37.8 Å². The van der Waals surface area contributed by atoms with Crippen LogP contribution in [0.15, 0.2) is 36.7 Å². The second kappa shape index (κ2) is 8.45. The molecule has 4 rings (SSSR count). The molecule has 0 spiro atoms. The van der Waals surface area contributed by atoms with Crippen molar-refractivity contribution in [2.75, 3.05) is 32.1 Å². The molecule has 154 valence electrons. The van der Waals surface area contributed by atoms with Gasteiger partial charge in [0.1, 0.15) is 5.82 Å². The van der Waals surface area contributed by atoms with Gasteiger partial charge < -0.3 is 15.1 Å². The van der Waals surface area contributed by atoms with Crippen LogP contribution in [-0.4, -0.2) is 60.0 Å². The number of halogens is 1. The highest BCUT2D eigenvalue weighted by molar-refractivity contribution is 5.94. The Hall–Kier alpha value is -2.54. The Morgan fingerprint density at radius 3 is 2.72 bits per heavy atom. The molecule has 7 heteroatoms. The smallest absolute Gasteiger partial charge is 0.257 e. The van der Waals surface area contributed by atoms with Crippen LogP contribution in [0.5, 0.6) is 0 Å². The molecule has 1 aromatic carbocycles. The third-order valence-corrected chi connectivity index (χ3v) is 6.02. The standard InChI is InChI=1S/C22H28FN5O/c1-27(2)22-25-12-16(13-26-22)21(29)28-14-18(15-7-6-8-17(23)11-15)20-19(28)9-4-3-5-10-24-20/h6-8,11-13,18-20,24H,3-5,9-10,14H2,1-2H3/t18-,19+,20-/m0/s1. The number of rotatable bonds is 3. The summed E-state index contributed by atoms with van der Waals surface area (Å²) in [6, 6.07) is 7.00. The van der Waals surface area contributed by atoms with E-state index in [1.54, 1.807) is 29.4 Å². The van der Waals surface area contributed by atoms with Gasteiger partial charge in [-0.3, -0.25) is 4.79 Å². The van der Waals surface area contributed by atoms with Crippen LogP contribution >= 0.6 is 0 Å². The largest absolute Gasteiger partial charge is 0.347 e. The normalized spacial score (nSPS) is 24.5. The first-order valence-electron chi connectivity index (χ1n) is 10.3. The molecular weight excluding hydrogens is 369 g/mol. The molecule has 2 aromatic rings. The lowest BCUT2D eigenvalue weighted by atomic mass is 9.88. The second-order valence-corrected chi connectivity index (χ2v) is 8.18. The van der Waals surface area contributed by atoms with Crippen LogP contribution < -0.4 is 10.2 Å². The lowest BCUT2D eigenvalue weighted by Gasteiger charge is -2.31. The molecule has 3 heterocycles. The lowest BCUT2D eigenvalue weighted by Crippen LogP contribution is -2.47. The van der Waals surface area contributed by atoms with E-state index in [-0.39, 0.29) is 29.7 Å². The molecule has 6 nitrogen and oxygen atoms in total. The topological polar surface area (TPSA) is 61.4 Å². The fourth-order valence-corrected chi connectivity index (χ4v) is 4.57. The van der Waals surface area contributed by atoms with Crippen LogP contribution in [-0.2, 0) is 0 Å². The van der Waals surface area contributed by atoms with E-state index in [1.807, 2.05) is 25.1 Å². The summed E-state index contributed by atoms with van der Waals surface area (Å²) in [7, 11) is 3.73. The van der Waals surface area contributed by atoms with Gasteiger partial charge in [0.2, 0.25) is 5.95 Å². The van der Waals surface area contributed by atoms with Gasteiger partial charge >= 0.3 is 0 Å². The van der Waals surface area contributed by atoms with Crippen molar-refractivity contribution in [3.8, 4) is 0 Å². The number of hydrogen-bond donors (Lipinski definition) is 1. The number of hydrogen-bond acceptors (Lipinski definition) is 5. The zero-order chi connectivity index (χ0) is 20.4. The number of anilines is 1. The maximum atomic E-state index is 13.9. The minimum absolute atomic E-state index is 0.0495. The van der Waals surface area contributed by atoms with Crippen molar-refractivity contribution in [2.45, 2.75) is 43.7 Å². The van der Waals surface area contributed by atoms with Crippen LogP contribution in [0.1, 0.15) is 47.5 Å². The zero-order valence-electron chi connectivity index (χ0n) is 17.0. The van der Waals surface area contributed by atoms with E-state index in [9.17, 15) is 9.18 Å². The number of amides is 1. The Kier molecular flexibility index (Phi) is 5.76. The third kappa shape index (κ3) is 4.10. The minimum atomic E-state index is -0.234. The molecule has 2 aliphatic rings. The van der Waals surface area contributed by atoms with Crippen LogP contribution in [0.2, 0.25) is 0 Å². The van der Waals surface area contributed by atoms with E-state index in [0.29, 0.717) is 18.1 Å². The van der Waals surface area contributed by atoms with E-state index in [1.165, 1.54) is 6.07 Å². The Morgan fingerprint density at radius 2 is 2.00 bits per heavy atom. The van der Waals surface area contributed by atoms with Gasteiger partial charge in [0, 0.05) is 51.0 Å². The zero-order valence-corrected chi connectivity index (χ0v) is 17.0. The highest BCUT2D eigenvalue weighted by Gasteiger charge is 2.44. The quantitative estimate of drug-likeness (QED) is 0.863. The minimum Gasteiger partial charge on any atom is -0.347 e. The van der Waals surface area contributed by atoms with Gasteiger partial charge in [0.05, 0.1) is 5.56 Å². The molecule has 0 saturated carbocycles. The van der Waals surface area contributed by atoms with Crippen molar-refractivity contribution in [3.63, 3.8) is 0 Å². The SMILES string of the molecule is CN(C)c1ncc(C(=O)N2C[C@@H](c3cccc(F)c3)[C@@H]3NCCCCC[C@H]32)cn1. The summed E-state index contributed by atoms with van der Waals surface area (Å²) < 4.78 is 13.9. The summed E-state index contributed by atoms with van der Waals surface area (Å²) in [5, 5.41) is 3.66. The first-order chi connectivity index (χ1) is 14.0. The number of benzene rings is 1. The van der Waals surface area contributed by atoms with E-state index in [4.69, 9.17) is 0 Å². The maximum absolute atomic E-state index is 13.9. The number of fused-ring (bicyclic) bond motifs is 1. The van der Waals surface area contributed by atoms with Crippen molar-refractivity contribution >= 4 is 11.9 Å². The number of nitrogens with one attached hydrogen (secondary N) is 1. The molecule has 0 radical (unpaired) electrons. The number of likely N-dealkylation sites (tertiary alicyclic amines) is 1. The number of carbonyl (C=O) groups excluding carboxylic acids is 1. The van der Waals surface area contributed by atoms with Gasteiger partial charge in [-0.25, -0.2) is 14.4 Å². The van der Waals surface area contributed by atoms with Crippen LogP contribution in [0, 0.1) is 5.82 Å². The molecule has 3 atom stereocenters. The van der Waals surface area contributed by atoms with E-state index >= 15 is 0 Å². The third-order valence-electron chi connectivity index (χ3n) is 6.02. The van der Waals surface area contributed by atoms with Crippen LogP contribution in [0.4, 0.5) is 10.3 Å². The summed E-state index contributed by atoms with van der Waals surface area (Å²) in [5.74, 6) is 0.361. The van der Waals surface area contributed by atoms with Crippen molar-refractivity contribution in [3.05, 3.63) is 53.6 Å². The van der Waals surface area contributed by atoms with Gasteiger partial charge in [0.15, 0.2) is 0 Å². The highest BCUT2D eigenvalue weighted by atomic mass is 19.1. The molecule has 1 amide bonds. The average molecular weight is 397 g/mol. The summed E-state index contributed by atoms with van der Waals surface area (Å²) in [6.45, 7) is 1.50. The molecule has 2 saturated heterocycles. The summed E-state index contributed by atoms with van der Waals surface area (Å²) in [5.41, 5.74) is 1.44. The van der Waals surface area contributed by atoms with Crippen molar-refractivity contribution in [1.29, 1.82) is 0 Å². The van der Waals surface area contributed by atoms with Gasteiger partial charge in [-0.1, -0.05) is 25.0 Å². The Morgan fingerprint density at radius 1 is 1.21 bits per heavy atom. The fourth-order valence-electron chi connectivity index (χ4n) is 4.57. The predicted molar refractivity (Wildman–Crippen MR) is 111 cm³/mol. The number of carbonyl (C=O) groups is 1. The van der Waals surface area contributed by atoms with Gasteiger partial charge in [-0.2, -0.15) is 0 Å².